The summed E-state index contributed by atoms with van der Waals surface area (Å²) < 4.78 is 0. The van der Waals surface area contributed by atoms with Crippen molar-refractivity contribution >= 4 is 22.4 Å². The molecule has 80 valence electrons. The van der Waals surface area contributed by atoms with Crippen LogP contribution in [0.2, 0.25) is 0 Å². The molecule has 0 saturated carbocycles. The van der Waals surface area contributed by atoms with Gasteiger partial charge in [0.2, 0.25) is 5.78 Å². The van der Waals surface area contributed by atoms with Crippen molar-refractivity contribution in [3.63, 3.8) is 0 Å². The Morgan fingerprint density at radius 1 is 1.40 bits per heavy atom. The third-order valence-corrected chi connectivity index (χ3v) is 2.66. The number of nitro benzene ring substituents is 1. The lowest BCUT2D eigenvalue weighted by Crippen LogP contribution is -2.15. The van der Waals surface area contributed by atoms with Gasteiger partial charge in [-0.1, -0.05) is 12.1 Å². The largest absolute Gasteiger partial charge is 0.289 e. The molecule has 0 aliphatic heterocycles. The Bertz CT molecular complexity index is 390. The molecule has 1 aromatic carbocycles. The third-order valence-electron chi connectivity index (χ3n) is 1.82. The molecule has 0 spiro atoms. The summed E-state index contributed by atoms with van der Waals surface area (Å²) in [6.45, 7) is 0. The lowest BCUT2D eigenvalue weighted by molar-refractivity contribution is -0.385. The molecule has 0 bridgehead atoms. The van der Waals surface area contributed by atoms with Crippen molar-refractivity contribution < 1.29 is 9.72 Å². The number of carbonyl (C=O) groups excluding carboxylic acids is 1. The molecule has 0 aromatic heterocycles. The Morgan fingerprint density at radius 3 is 2.53 bits per heavy atom. The molecule has 0 amide bonds. The Labute approximate surface area is 90.8 Å². The number of benzene rings is 1. The van der Waals surface area contributed by atoms with Crippen molar-refractivity contribution in [1.29, 1.82) is 0 Å². The first-order valence-electron chi connectivity index (χ1n) is 4.33. The van der Waals surface area contributed by atoms with Crippen LogP contribution in [0.1, 0.15) is 10.4 Å². The molecule has 1 aromatic rings. The van der Waals surface area contributed by atoms with Gasteiger partial charge in [0.1, 0.15) is 5.56 Å². The van der Waals surface area contributed by atoms with E-state index >= 15 is 0 Å². The van der Waals surface area contributed by atoms with E-state index in [1.54, 1.807) is 12.1 Å². The zero-order valence-electron chi connectivity index (χ0n) is 8.60. The quantitative estimate of drug-likeness (QED) is 0.339. The van der Waals surface area contributed by atoms with E-state index in [2.05, 4.69) is 0 Å². The molecule has 4 nitrogen and oxygen atoms in total. The van der Waals surface area contributed by atoms with E-state index in [0.717, 1.165) is 0 Å². The number of rotatable bonds is 4. The van der Waals surface area contributed by atoms with Gasteiger partial charge in [-0.25, -0.2) is 0 Å². The summed E-state index contributed by atoms with van der Waals surface area (Å²) in [7, 11) is -0.0398. The van der Waals surface area contributed by atoms with Crippen LogP contribution in [0.5, 0.6) is 0 Å². The number of ketones is 1. The van der Waals surface area contributed by atoms with Gasteiger partial charge in [0, 0.05) is 6.07 Å². The van der Waals surface area contributed by atoms with Gasteiger partial charge in [-0.2, -0.15) is 0 Å². The maximum Gasteiger partial charge on any atom is 0.280 e. The van der Waals surface area contributed by atoms with Gasteiger partial charge in [0.05, 0.1) is 17.4 Å². The molecule has 0 N–H and O–H groups in total. The summed E-state index contributed by atoms with van der Waals surface area (Å²) in [5.41, 5.74) is 0.108. The van der Waals surface area contributed by atoms with Gasteiger partial charge < -0.3 is 0 Å². The summed E-state index contributed by atoms with van der Waals surface area (Å²) in [6, 6.07) is 6.07. The minimum Gasteiger partial charge on any atom is -0.289 e. The first-order chi connectivity index (χ1) is 7.02. The number of para-hydroxylation sites is 1. The Hall–Kier alpha value is -1.36. The Morgan fingerprint density at radius 2 is 2.00 bits per heavy atom. The molecule has 15 heavy (non-hydrogen) atoms. The van der Waals surface area contributed by atoms with Gasteiger partial charge >= 0.3 is 0 Å². The minimum absolute atomic E-state index is 0.0398. The van der Waals surface area contributed by atoms with E-state index in [-0.39, 0.29) is 27.9 Å². The van der Waals surface area contributed by atoms with Crippen molar-refractivity contribution in [2.45, 2.75) is 0 Å². The van der Waals surface area contributed by atoms with Crippen LogP contribution in [0.3, 0.4) is 0 Å². The second kappa shape index (κ2) is 4.93. The summed E-state index contributed by atoms with van der Waals surface area (Å²) in [5, 5.41) is 10.7. The van der Waals surface area contributed by atoms with Crippen LogP contribution in [-0.2, 0) is 10.9 Å². The molecule has 0 heterocycles. The van der Waals surface area contributed by atoms with E-state index in [9.17, 15) is 14.9 Å². The van der Waals surface area contributed by atoms with Gasteiger partial charge in [-0.3, -0.25) is 14.9 Å². The molecule has 1 rings (SSSR count). The van der Waals surface area contributed by atoms with Gasteiger partial charge in [-0.15, -0.1) is 0 Å². The van der Waals surface area contributed by atoms with Crippen molar-refractivity contribution in [2.24, 2.45) is 0 Å². The molecule has 0 fully saturated rings. The second-order valence-corrected chi connectivity index (χ2v) is 5.59. The Balaban J connectivity index is 3.03. The maximum absolute atomic E-state index is 11.7. The molecule has 0 saturated heterocycles. The smallest absolute Gasteiger partial charge is 0.280 e. The summed E-state index contributed by atoms with van der Waals surface area (Å²) >= 11 is 0. The van der Waals surface area contributed by atoms with Crippen molar-refractivity contribution in [2.75, 3.05) is 18.3 Å². The highest BCUT2D eigenvalue weighted by Crippen LogP contribution is 2.18. The van der Waals surface area contributed by atoms with E-state index in [1.807, 2.05) is 12.5 Å². The van der Waals surface area contributed by atoms with E-state index < -0.39 is 4.92 Å². The number of hydrogen-bond acceptors (Lipinski definition) is 3. The highest BCUT2D eigenvalue weighted by molar-refractivity contribution is 7.96. The predicted octanol–water partition coefficient (Wildman–Crippen LogP) is 1.66. The van der Waals surface area contributed by atoms with Crippen molar-refractivity contribution in [3.05, 3.63) is 39.9 Å². The van der Waals surface area contributed by atoms with Crippen LogP contribution < -0.4 is 0 Å². The number of nitro groups is 1. The Kier molecular flexibility index (Phi) is 3.85. The lowest BCUT2D eigenvalue weighted by Gasteiger charge is -2.00. The first kappa shape index (κ1) is 11.7. The number of carbonyl (C=O) groups is 1. The van der Waals surface area contributed by atoms with Gasteiger partial charge in [0.25, 0.3) is 5.69 Å². The summed E-state index contributed by atoms with van der Waals surface area (Å²) in [6.07, 6.45) is 3.87. The molecule has 0 aliphatic carbocycles. The average Bonchev–Trinajstić information content (AvgIpc) is 2.16. The fraction of sp³-hybridized carbons (Fsp3) is 0.300. The normalized spacial score (nSPS) is 10.3. The topological polar surface area (TPSA) is 60.2 Å². The maximum atomic E-state index is 11.7. The first-order valence-corrected chi connectivity index (χ1v) is 6.54. The van der Waals surface area contributed by atoms with Crippen LogP contribution in [0.15, 0.2) is 24.3 Å². The molecular formula is C10H12NO3S+. The highest BCUT2D eigenvalue weighted by atomic mass is 32.2. The van der Waals surface area contributed by atoms with Crippen LogP contribution in [0.25, 0.3) is 0 Å². The fourth-order valence-corrected chi connectivity index (χ4v) is 1.89. The van der Waals surface area contributed by atoms with Crippen LogP contribution in [0, 0.1) is 10.1 Å². The number of Topliss-reactive ketones (excluding diaryl/α,β-unsaturated/α-hetero) is 1. The van der Waals surface area contributed by atoms with Crippen LogP contribution in [0.4, 0.5) is 5.69 Å². The predicted molar refractivity (Wildman–Crippen MR) is 61.5 cm³/mol. The second-order valence-electron chi connectivity index (χ2n) is 3.33. The molecule has 0 atom stereocenters. The van der Waals surface area contributed by atoms with Crippen LogP contribution in [-0.4, -0.2) is 29.0 Å². The van der Waals surface area contributed by atoms with E-state index in [1.165, 1.54) is 12.1 Å². The third kappa shape index (κ3) is 3.06. The zero-order chi connectivity index (χ0) is 11.4. The molecule has 0 aliphatic rings. The monoisotopic (exact) mass is 226 g/mol. The van der Waals surface area contributed by atoms with Crippen molar-refractivity contribution in [3.8, 4) is 0 Å². The summed E-state index contributed by atoms with van der Waals surface area (Å²) in [4.78, 5) is 21.8. The standard InChI is InChI=1S/C10H12NO3S/c1-15(2)7-10(12)8-5-3-4-6-9(8)11(13)14/h3-6H,7H2,1-2H3/q+1. The summed E-state index contributed by atoms with van der Waals surface area (Å²) in [5.74, 6) is 0.209. The SMILES string of the molecule is C[S+](C)CC(=O)c1ccccc1[N+](=O)[O-]. The van der Waals surface area contributed by atoms with Crippen molar-refractivity contribution in [1.82, 2.24) is 0 Å². The van der Waals surface area contributed by atoms with Gasteiger partial charge in [-0.05, 0) is 17.0 Å². The fourth-order valence-electron chi connectivity index (χ4n) is 1.21. The minimum atomic E-state index is -0.517. The zero-order valence-corrected chi connectivity index (χ0v) is 9.41. The lowest BCUT2D eigenvalue weighted by atomic mass is 10.1. The molecular weight excluding hydrogens is 214 g/mol. The van der Waals surface area contributed by atoms with E-state index in [4.69, 9.17) is 0 Å². The van der Waals surface area contributed by atoms with E-state index in [0.29, 0.717) is 5.75 Å². The van der Waals surface area contributed by atoms with Gasteiger partial charge in [0.15, 0.2) is 5.75 Å². The number of hydrogen-bond donors (Lipinski definition) is 0. The average molecular weight is 226 g/mol. The molecule has 5 heteroatoms. The molecule has 0 unspecified atom stereocenters. The molecule has 0 radical (unpaired) electrons. The van der Waals surface area contributed by atoms with Crippen LogP contribution >= 0.6 is 0 Å². The number of nitrogens with zero attached hydrogens (tertiary/aromatic N) is 1. The highest BCUT2D eigenvalue weighted by Gasteiger charge is 2.22.